The fraction of sp³-hybridized carbons (Fsp3) is 0.292. The van der Waals surface area contributed by atoms with Gasteiger partial charge >= 0.3 is 0 Å². The quantitative estimate of drug-likeness (QED) is 0.464. The topological polar surface area (TPSA) is 94.2 Å². The van der Waals surface area contributed by atoms with Gasteiger partial charge in [0.25, 0.3) is 11.8 Å². The Bertz CT molecular complexity index is 1120. The van der Waals surface area contributed by atoms with Crippen LogP contribution in [0.1, 0.15) is 31.9 Å². The normalized spacial score (nSPS) is 16.0. The molecule has 0 spiro atoms. The molecule has 2 aromatic rings. The molecule has 1 fully saturated rings. The number of primary amides is 1. The van der Waals surface area contributed by atoms with Gasteiger partial charge in [0.2, 0.25) is 0 Å². The van der Waals surface area contributed by atoms with E-state index in [1.807, 2.05) is 38.1 Å². The van der Waals surface area contributed by atoms with Crippen LogP contribution in [0.15, 0.2) is 50.8 Å². The number of ether oxygens (including phenoxy) is 2. The Morgan fingerprint density at radius 2 is 1.97 bits per heavy atom. The van der Waals surface area contributed by atoms with Gasteiger partial charge in [-0.15, -0.1) is 0 Å². The molecule has 0 bridgehead atoms. The molecule has 174 valence electrons. The highest BCUT2D eigenvalue weighted by Crippen LogP contribution is 2.40. The minimum Gasteiger partial charge on any atom is -0.490 e. The Balaban J connectivity index is 1.96. The van der Waals surface area contributed by atoms with Gasteiger partial charge in [-0.1, -0.05) is 25.1 Å². The van der Waals surface area contributed by atoms with Crippen molar-refractivity contribution in [3.05, 3.63) is 56.9 Å². The van der Waals surface area contributed by atoms with Crippen molar-refractivity contribution in [3.8, 4) is 11.5 Å². The van der Waals surface area contributed by atoms with Crippen molar-refractivity contribution < 1.29 is 19.1 Å². The summed E-state index contributed by atoms with van der Waals surface area (Å²) in [4.78, 5) is 31.2. The first-order chi connectivity index (χ1) is 15.9. The van der Waals surface area contributed by atoms with Gasteiger partial charge in [0.15, 0.2) is 23.3 Å². The minimum absolute atomic E-state index is 0.0987. The molecule has 3 rings (SSSR count). The van der Waals surface area contributed by atoms with Gasteiger partial charge in [-0.2, -0.15) is 0 Å². The maximum Gasteiger partial charge on any atom is 0.266 e. The first-order valence-corrected chi connectivity index (χ1v) is 12.2. The van der Waals surface area contributed by atoms with Crippen LogP contribution in [0.25, 0.3) is 6.08 Å². The molecule has 2 N–H and O–H groups in total. The molecule has 1 saturated heterocycles. The number of benzene rings is 2. The van der Waals surface area contributed by atoms with E-state index in [9.17, 15) is 9.59 Å². The Labute approximate surface area is 206 Å². The standard InChI is InChI=1S/C24H26BrN3O4S/c1-4-16-9-7-8-10-18(16)27-24-28(5-2)23(30)20(33-24)13-15-11-17(25)22(32-14-21(26)29)19(12-15)31-6-3/h7-13H,4-6,14H2,1-3H3,(H2,26,29)/b20-13+,27-24?. The zero-order chi connectivity index (χ0) is 24.0. The average molecular weight is 532 g/mol. The zero-order valence-corrected chi connectivity index (χ0v) is 21.2. The van der Waals surface area contributed by atoms with Crippen molar-refractivity contribution in [2.24, 2.45) is 10.7 Å². The number of para-hydroxylation sites is 1. The molecular formula is C24H26BrN3O4S. The molecule has 2 aromatic carbocycles. The number of nitrogens with zero attached hydrogens (tertiary/aromatic N) is 2. The number of amides is 2. The number of aryl methyl sites for hydroxylation is 1. The molecule has 9 heteroatoms. The summed E-state index contributed by atoms with van der Waals surface area (Å²) in [6, 6.07) is 11.5. The number of carbonyl (C=O) groups excluding carboxylic acids is 2. The van der Waals surface area contributed by atoms with Crippen LogP contribution in [0.2, 0.25) is 0 Å². The molecule has 33 heavy (non-hydrogen) atoms. The number of hydrogen-bond donors (Lipinski definition) is 1. The summed E-state index contributed by atoms with van der Waals surface area (Å²) in [5.74, 6) is 0.156. The van der Waals surface area contributed by atoms with Crippen LogP contribution in [0.3, 0.4) is 0 Å². The summed E-state index contributed by atoms with van der Waals surface area (Å²) in [7, 11) is 0. The molecule has 0 unspecified atom stereocenters. The molecule has 1 aliphatic rings. The van der Waals surface area contributed by atoms with Crippen LogP contribution < -0.4 is 15.2 Å². The van der Waals surface area contributed by atoms with Crippen LogP contribution in [0, 0.1) is 0 Å². The molecule has 7 nitrogen and oxygen atoms in total. The summed E-state index contributed by atoms with van der Waals surface area (Å²) in [5, 5.41) is 0.653. The smallest absolute Gasteiger partial charge is 0.266 e. The highest BCUT2D eigenvalue weighted by Gasteiger charge is 2.32. The van der Waals surface area contributed by atoms with Crippen molar-refractivity contribution in [1.29, 1.82) is 0 Å². The molecule has 0 saturated carbocycles. The lowest BCUT2D eigenvalue weighted by atomic mass is 10.1. The van der Waals surface area contributed by atoms with Crippen LogP contribution in [-0.4, -0.2) is 41.6 Å². The Morgan fingerprint density at radius 3 is 2.64 bits per heavy atom. The van der Waals surface area contributed by atoms with E-state index in [-0.39, 0.29) is 12.5 Å². The number of nitrogens with two attached hydrogens (primary N) is 1. The minimum atomic E-state index is -0.584. The lowest BCUT2D eigenvalue weighted by Gasteiger charge is -2.14. The number of rotatable bonds is 9. The number of carbonyl (C=O) groups is 2. The molecule has 0 aliphatic carbocycles. The van der Waals surface area contributed by atoms with E-state index in [4.69, 9.17) is 20.2 Å². The summed E-state index contributed by atoms with van der Waals surface area (Å²) in [6.07, 6.45) is 2.66. The summed E-state index contributed by atoms with van der Waals surface area (Å²) < 4.78 is 11.8. The highest BCUT2D eigenvalue weighted by molar-refractivity contribution is 9.10. The second-order valence-electron chi connectivity index (χ2n) is 7.05. The Morgan fingerprint density at radius 1 is 1.21 bits per heavy atom. The number of aliphatic imine (C=N–C) groups is 1. The summed E-state index contributed by atoms with van der Waals surface area (Å²) in [6.45, 7) is 6.52. The number of likely N-dealkylation sites (N-methyl/N-ethyl adjacent to an activating group) is 1. The van der Waals surface area contributed by atoms with E-state index in [2.05, 4.69) is 22.9 Å². The van der Waals surface area contributed by atoms with Crippen molar-refractivity contribution >= 4 is 56.4 Å². The van der Waals surface area contributed by atoms with Gasteiger partial charge in [-0.3, -0.25) is 14.5 Å². The number of halogens is 1. The van der Waals surface area contributed by atoms with Crippen molar-refractivity contribution in [1.82, 2.24) is 4.90 Å². The Kier molecular flexibility index (Phi) is 8.57. The predicted molar refractivity (Wildman–Crippen MR) is 136 cm³/mol. The van der Waals surface area contributed by atoms with Gasteiger partial charge in [0.1, 0.15) is 0 Å². The van der Waals surface area contributed by atoms with Gasteiger partial charge in [0, 0.05) is 6.54 Å². The first kappa shape index (κ1) is 24.9. The van der Waals surface area contributed by atoms with E-state index in [1.165, 1.54) is 11.8 Å². The number of amidine groups is 1. The van der Waals surface area contributed by atoms with Crippen LogP contribution in [0.5, 0.6) is 11.5 Å². The van der Waals surface area contributed by atoms with Crippen LogP contribution in [-0.2, 0) is 16.0 Å². The monoisotopic (exact) mass is 531 g/mol. The average Bonchev–Trinajstić information content (AvgIpc) is 3.07. The van der Waals surface area contributed by atoms with Crippen molar-refractivity contribution in [2.45, 2.75) is 27.2 Å². The molecule has 0 radical (unpaired) electrons. The molecule has 2 amide bonds. The maximum absolute atomic E-state index is 13.1. The highest BCUT2D eigenvalue weighted by atomic mass is 79.9. The third-order valence-corrected chi connectivity index (χ3v) is 6.38. The third kappa shape index (κ3) is 5.97. The molecule has 0 atom stereocenters. The molecule has 0 aromatic heterocycles. The second kappa shape index (κ2) is 11.4. The lowest BCUT2D eigenvalue weighted by Crippen LogP contribution is -2.28. The van der Waals surface area contributed by atoms with Gasteiger partial charge in [-0.05, 0) is 83.4 Å². The van der Waals surface area contributed by atoms with E-state index in [0.29, 0.717) is 39.2 Å². The second-order valence-corrected chi connectivity index (χ2v) is 8.92. The van der Waals surface area contributed by atoms with E-state index in [0.717, 1.165) is 23.2 Å². The Hall–Kier alpha value is -2.78. The maximum atomic E-state index is 13.1. The molecule has 1 heterocycles. The summed E-state index contributed by atoms with van der Waals surface area (Å²) >= 11 is 4.81. The lowest BCUT2D eigenvalue weighted by molar-refractivity contribution is -0.122. The molecular weight excluding hydrogens is 506 g/mol. The fourth-order valence-corrected chi connectivity index (χ4v) is 4.89. The SMILES string of the molecule is CCOc1cc(/C=C2/SC(=Nc3ccccc3CC)N(CC)C2=O)cc(Br)c1OCC(N)=O. The third-order valence-electron chi connectivity index (χ3n) is 4.78. The molecule has 1 aliphatic heterocycles. The van der Waals surface area contributed by atoms with Crippen molar-refractivity contribution in [3.63, 3.8) is 0 Å². The number of hydrogen-bond acceptors (Lipinski definition) is 6. The fourth-order valence-electron chi connectivity index (χ4n) is 3.26. The van der Waals surface area contributed by atoms with Gasteiger partial charge < -0.3 is 15.2 Å². The summed E-state index contributed by atoms with van der Waals surface area (Å²) in [5.41, 5.74) is 7.94. The van der Waals surface area contributed by atoms with Gasteiger partial charge in [0.05, 0.1) is 21.7 Å². The van der Waals surface area contributed by atoms with Crippen LogP contribution in [0.4, 0.5) is 5.69 Å². The largest absolute Gasteiger partial charge is 0.490 e. The van der Waals surface area contributed by atoms with E-state index >= 15 is 0 Å². The van der Waals surface area contributed by atoms with Crippen LogP contribution >= 0.6 is 27.7 Å². The first-order valence-electron chi connectivity index (χ1n) is 10.6. The van der Waals surface area contributed by atoms with E-state index in [1.54, 1.807) is 23.1 Å². The zero-order valence-electron chi connectivity index (χ0n) is 18.8. The van der Waals surface area contributed by atoms with E-state index < -0.39 is 5.91 Å². The predicted octanol–water partition coefficient (Wildman–Crippen LogP) is 4.90. The van der Waals surface area contributed by atoms with Gasteiger partial charge in [-0.25, -0.2) is 4.99 Å². The number of thioether (sulfide) groups is 1. The van der Waals surface area contributed by atoms with Crippen molar-refractivity contribution in [2.75, 3.05) is 19.8 Å².